The number of hydrogen-bond acceptors (Lipinski definition) is 3. The molecular weight excluding hydrogens is 440 g/mol. The molecule has 0 aliphatic rings. The summed E-state index contributed by atoms with van der Waals surface area (Å²) in [6.45, 7) is 0.365. The van der Waals surface area contributed by atoms with Crippen molar-refractivity contribution in [1.82, 2.24) is 5.43 Å². The van der Waals surface area contributed by atoms with Gasteiger partial charge >= 0.3 is 0 Å². The van der Waals surface area contributed by atoms with Crippen LogP contribution in [-0.4, -0.2) is 12.1 Å². The molecule has 30 heavy (non-hydrogen) atoms. The largest absolute Gasteiger partial charge is 0.488 e. The molecule has 0 aromatic heterocycles. The summed E-state index contributed by atoms with van der Waals surface area (Å²) >= 11 is 3.45. The Morgan fingerprint density at radius 3 is 2.57 bits per heavy atom. The quantitative estimate of drug-likeness (QED) is 0.286. The molecule has 0 radical (unpaired) electrons. The smallest absolute Gasteiger partial charge is 0.275 e. The van der Waals surface area contributed by atoms with Gasteiger partial charge in [0.25, 0.3) is 5.91 Å². The van der Waals surface area contributed by atoms with Gasteiger partial charge in [0.2, 0.25) is 0 Å². The first kappa shape index (κ1) is 19.9. The number of amides is 1. The number of carbonyl (C=O) groups is 1. The number of halogens is 1. The predicted octanol–water partition coefficient (Wildman–Crippen LogP) is 5.95. The third-order valence-electron chi connectivity index (χ3n) is 4.57. The van der Waals surface area contributed by atoms with E-state index in [9.17, 15) is 4.79 Å². The fourth-order valence-electron chi connectivity index (χ4n) is 3.08. The summed E-state index contributed by atoms with van der Waals surface area (Å²) in [5.74, 6) is 0.188. The topological polar surface area (TPSA) is 50.7 Å². The molecule has 4 rings (SSSR count). The summed E-state index contributed by atoms with van der Waals surface area (Å²) in [7, 11) is 0. The third-order valence-corrected chi connectivity index (χ3v) is 5.06. The van der Waals surface area contributed by atoms with E-state index < -0.39 is 0 Å². The molecule has 4 aromatic carbocycles. The second kappa shape index (κ2) is 9.37. The van der Waals surface area contributed by atoms with Crippen molar-refractivity contribution < 1.29 is 9.53 Å². The summed E-state index contributed by atoms with van der Waals surface area (Å²) in [6, 6.07) is 29.1. The predicted molar refractivity (Wildman–Crippen MR) is 124 cm³/mol. The van der Waals surface area contributed by atoms with E-state index in [4.69, 9.17) is 4.74 Å². The normalized spacial score (nSPS) is 11.0. The highest BCUT2D eigenvalue weighted by Crippen LogP contribution is 2.20. The zero-order valence-electron chi connectivity index (χ0n) is 16.1. The summed E-state index contributed by atoms with van der Waals surface area (Å²) in [6.07, 6.45) is 1.63. The average Bonchev–Trinajstić information content (AvgIpc) is 2.78. The molecule has 0 fully saturated rings. The van der Waals surface area contributed by atoms with E-state index in [1.165, 1.54) is 0 Å². The van der Waals surface area contributed by atoms with Crippen LogP contribution >= 0.6 is 15.9 Å². The lowest BCUT2D eigenvalue weighted by Crippen LogP contribution is -2.18. The summed E-state index contributed by atoms with van der Waals surface area (Å²) in [4.78, 5) is 12.6. The summed E-state index contributed by atoms with van der Waals surface area (Å²) in [5.41, 5.74) is 4.94. The van der Waals surface area contributed by atoms with Gasteiger partial charge in [-0.1, -0.05) is 76.6 Å². The monoisotopic (exact) mass is 458 g/mol. The van der Waals surface area contributed by atoms with E-state index in [-0.39, 0.29) is 5.91 Å². The summed E-state index contributed by atoms with van der Waals surface area (Å²) < 4.78 is 6.86. The van der Waals surface area contributed by atoms with Crippen molar-refractivity contribution in [2.75, 3.05) is 0 Å². The van der Waals surface area contributed by atoms with Gasteiger partial charge in [-0.25, -0.2) is 5.43 Å². The fraction of sp³-hybridized carbons (Fsp3) is 0.0400. The van der Waals surface area contributed by atoms with Crippen molar-refractivity contribution >= 4 is 38.8 Å². The standard InChI is InChI=1S/C25H19BrN2O2/c26-22-9-5-6-19(15-22)17-30-24-11-4-3-10-23(24)25(29)28-27-16-18-12-13-20-7-1-2-8-21(20)14-18/h1-16H,17H2,(H,28,29)/b27-16-. The van der Waals surface area contributed by atoms with Crippen LogP contribution in [0.25, 0.3) is 10.8 Å². The van der Waals surface area contributed by atoms with Gasteiger partial charge < -0.3 is 4.74 Å². The van der Waals surface area contributed by atoms with Gasteiger partial charge in [-0.15, -0.1) is 0 Å². The highest BCUT2D eigenvalue weighted by Gasteiger charge is 2.11. The molecule has 0 heterocycles. The molecule has 1 amide bonds. The number of carbonyl (C=O) groups excluding carboxylic acids is 1. The minimum absolute atomic E-state index is 0.322. The van der Waals surface area contributed by atoms with Crippen LogP contribution < -0.4 is 10.2 Å². The zero-order valence-corrected chi connectivity index (χ0v) is 17.7. The number of hydrazone groups is 1. The Kier molecular flexibility index (Phi) is 6.20. The van der Waals surface area contributed by atoms with Gasteiger partial charge in [-0.05, 0) is 52.2 Å². The minimum Gasteiger partial charge on any atom is -0.488 e. The molecule has 1 N–H and O–H groups in total. The number of rotatable bonds is 6. The maximum Gasteiger partial charge on any atom is 0.275 e. The molecule has 0 saturated heterocycles. The van der Waals surface area contributed by atoms with Crippen molar-refractivity contribution in [2.24, 2.45) is 5.10 Å². The van der Waals surface area contributed by atoms with Crippen LogP contribution in [-0.2, 0) is 6.61 Å². The number of hydrogen-bond donors (Lipinski definition) is 1. The molecule has 0 aliphatic heterocycles. The van der Waals surface area contributed by atoms with Gasteiger partial charge in [0.05, 0.1) is 11.8 Å². The van der Waals surface area contributed by atoms with E-state index >= 15 is 0 Å². The average molecular weight is 459 g/mol. The van der Waals surface area contributed by atoms with Gasteiger partial charge in [0.15, 0.2) is 0 Å². The Hall–Kier alpha value is -3.44. The van der Waals surface area contributed by atoms with Crippen LogP contribution in [0.2, 0.25) is 0 Å². The first-order chi connectivity index (χ1) is 14.7. The van der Waals surface area contributed by atoms with E-state index in [1.54, 1.807) is 24.4 Å². The van der Waals surface area contributed by atoms with Crippen LogP contribution in [0.15, 0.2) is 101 Å². The molecule has 0 unspecified atom stereocenters. The van der Waals surface area contributed by atoms with Crippen LogP contribution in [0.3, 0.4) is 0 Å². The summed E-state index contributed by atoms with van der Waals surface area (Å²) in [5, 5.41) is 6.40. The highest BCUT2D eigenvalue weighted by atomic mass is 79.9. The van der Waals surface area contributed by atoms with Crippen LogP contribution in [0.1, 0.15) is 21.5 Å². The van der Waals surface area contributed by atoms with Crippen LogP contribution in [0.5, 0.6) is 5.75 Å². The van der Waals surface area contributed by atoms with Gasteiger partial charge in [0, 0.05) is 4.47 Å². The second-order valence-corrected chi connectivity index (χ2v) is 7.64. The maximum atomic E-state index is 12.6. The van der Waals surface area contributed by atoms with Crippen molar-refractivity contribution in [2.45, 2.75) is 6.61 Å². The molecule has 0 aliphatic carbocycles. The molecule has 5 heteroatoms. The van der Waals surface area contributed by atoms with E-state index in [2.05, 4.69) is 32.5 Å². The van der Waals surface area contributed by atoms with Crippen molar-refractivity contribution in [3.8, 4) is 5.75 Å². The maximum absolute atomic E-state index is 12.6. The third kappa shape index (κ3) is 4.93. The van der Waals surface area contributed by atoms with Gasteiger partial charge in [0.1, 0.15) is 12.4 Å². The van der Waals surface area contributed by atoms with Crippen molar-refractivity contribution in [1.29, 1.82) is 0 Å². The zero-order chi connectivity index (χ0) is 20.8. The number of nitrogens with one attached hydrogen (secondary N) is 1. The lowest BCUT2D eigenvalue weighted by molar-refractivity contribution is 0.0950. The Labute approximate surface area is 183 Å². The van der Waals surface area contributed by atoms with Crippen molar-refractivity contribution in [3.63, 3.8) is 0 Å². The number of fused-ring (bicyclic) bond motifs is 1. The number of nitrogens with zero attached hydrogens (tertiary/aromatic N) is 1. The Bertz CT molecular complexity index is 1220. The lowest BCUT2D eigenvalue weighted by Gasteiger charge is -2.10. The Balaban J connectivity index is 1.43. The minimum atomic E-state index is -0.322. The molecule has 0 atom stereocenters. The van der Waals surface area contributed by atoms with E-state index in [1.807, 2.05) is 66.7 Å². The number of ether oxygens (including phenoxy) is 1. The van der Waals surface area contributed by atoms with E-state index in [0.29, 0.717) is 17.9 Å². The van der Waals surface area contributed by atoms with E-state index in [0.717, 1.165) is 26.4 Å². The van der Waals surface area contributed by atoms with Crippen LogP contribution in [0.4, 0.5) is 0 Å². The first-order valence-electron chi connectivity index (χ1n) is 9.47. The first-order valence-corrected chi connectivity index (χ1v) is 10.3. The molecule has 0 bridgehead atoms. The van der Waals surface area contributed by atoms with Crippen LogP contribution in [0, 0.1) is 0 Å². The molecular formula is C25H19BrN2O2. The Morgan fingerprint density at radius 1 is 0.900 bits per heavy atom. The number of para-hydroxylation sites is 1. The highest BCUT2D eigenvalue weighted by molar-refractivity contribution is 9.10. The molecule has 148 valence electrons. The molecule has 4 aromatic rings. The molecule has 0 spiro atoms. The fourth-order valence-corrected chi connectivity index (χ4v) is 3.53. The van der Waals surface area contributed by atoms with Gasteiger partial charge in [-0.3, -0.25) is 4.79 Å². The SMILES string of the molecule is O=C(N/N=C\c1ccc2ccccc2c1)c1ccccc1OCc1cccc(Br)c1. The second-order valence-electron chi connectivity index (χ2n) is 6.72. The van der Waals surface area contributed by atoms with Crippen molar-refractivity contribution in [3.05, 3.63) is 112 Å². The Morgan fingerprint density at radius 2 is 1.70 bits per heavy atom. The molecule has 4 nitrogen and oxygen atoms in total. The lowest BCUT2D eigenvalue weighted by atomic mass is 10.1. The number of benzene rings is 4. The van der Waals surface area contributed by atoms with Gasteiger partial charge in [-0.2, -0.15) is 5.10 Å². The molecule has 0 saturated carbocycles.